The Morgan fingerprint density at radius 3 is 2.83 bits per heavy atom. The van der Waals surface area contributed by atoms with Crippen LogP contribution in [0, 0.1) is 6.92 Å². The fraction of sp³-hybridized carbons (Fsp3) is 0.471. The highest BCUT2D eigenvalue weighted by Crippen LogP contribution is 2.16. The Kier molecular flexibility index (Phi) is 6.14. The molecule has 0 aliphatic heterocycles. The summed E-state index contributed by atoms with van der Waals surface area (Å²) in [5.41, 5.74) is 2.56. The summed E-state index contributed by atoms with van der Waals surface area (Å²) in [5.74, 6) is 1.80. The van der Waals surface area contributed by atoms with Crippen molar-refractivity contribution in [2.75, 3.05) is 13.6 Å². The number of rotatable bonds is 6. The lowest BCUT2D eigenvalue weighted by atomic mass is 10.0. The van der Waals surface area contributed by atoms with Gasteiger partial charge in [0.05, 0.1) is 6.04 Å². The van der Waals surface area contributed by atoms with Gasteiger partial charge in [-0.25, -0.2) is 0 Å². The first-order chi connectivity index (χ1) is 11.2. The number of hydrogen-bond acceptors (Lipinski definition) is 3. The van der Waals surface area contributed by atoms with Crippen LogP contribution in [0.2, 0.25) is 0 Å². The van der Waals surface area contributed by atoms with Gasteiger partial charge in [0.2, 0.25) is 0 Å². The summed E-state index contributed by atoms with van der Waals surface area (Å²) in [4.78, 5) is 4.30. The fourth-order valence-corrected chi connectivity index (χ4v) is 2.58. The Labute approximate surface area is 138 Å². The molecule has 2 aromatic rings. The number of aryl methyl sites for hydroxylation is 2. The SMILES string of the molecule is CCc1nncn1CCNC(=NC)NC(C)c1ccccc1C. The summed E-state index contributed by atoms with van der Waals surface area (Å²) in [7, 11) is 1.79. The van der Waals surface area contributed by atoms with Crippen LogP contribution in [0.5, 0.6) is 0 Å². The lowest BCUT2D eigenvalue weighted by molar-refractivity contribution is 0.620. The van der Waals surface area contributed by atoms with Gasteiger partial charge >= 0.3 is 0 Å². The molecular weight excluding hydrogens is 288 g/mol. The van der Waals surface area contributed by atoms with E-state index in [1.807, 2.05) is 0 Å². The van der Waals surface area contributed by atoms with E-state index in [4.69, 9.17) is 0 Å². The van der Waals surface area contributed by atoms with E-state index in [1.165, 1.54) is 11.1 Å². The monoisotopic (exact) mass is 314 g/mol. The maximum Gasteiger partial charge on any atom is 0.191 e. The molecular formula is C17H26N6. The molecule has 124 valence electrons. The molecule has 1 heterocycles. The van der Waals surface area contributed by atoms with Gasteiger partial charge in [-0.2, -0.15) is 0 Å². The quantitative estimate of drug-likeness (QED) is 0.633. The van der Waals surface area contributed by atoms with Crippen LogP contribution in [0.15, 0.2) is 35.6 Å². The first kappa shape index (κ1) is 17.0. The smallest absolute Gasteiger partial charge is 0.191 e. The molecule has 1 aromatic carbocycles. The molecule has 0 aliphatic carbocycles. The molecule has 0 radical (unpaired) electrons. The highest BCUT2D eigenvalue weighted by molar-refractivity contribution is 5.80. The minimum atomic E-state index is 0.198. The van der Waals surface area contributed by atoms with Crippen LogP contribution in [0.25, 0.3) is 0 Å². The van der Waals surface area contributed by atoms with Gasteiger partial charge < -0.3 is 15.2 Å². The minimum absolute atomic E-state index is 0.198. The molecule has 6 heteroatoms. The van der Waals surface area contributed by atoms with Crippen molar-refractivity contribution in [2.45, 2.75) is 39.8 Å². The zero-order valence-electron chi connectivity index (χ0n) is 14.4. The molecule has 0 fully saturated rings. The van der Waals surface area contributed by atoms with Crippen molar-refractivity contribution < 1.29 is 0 Å². The van der Waals surface area contributed by atoms with Gasteiger partial charge in [-0.3, -0.25) is 4.99 Å². The molecule has 0 aliphatic rings. The van der Waals surface area contributed by atoms with Crippen LogP contribution in [0.4, 0.5) is 0 Å². The van der Waals surface area contributed by atoms with Gasteiger partial charge in [-0.05, 0) is 25.0 Å². The van der Waals surface area contributed by atoms with Crippen LogP contribution in [-0.4, -0.2) is 34.3 Å². The third-order valence-electron chi connectivity index (χ3n) is 3.89. The molecule has 6 nitrogen and oxygen atoms in total. The molecule has 1 atom stereocenters. The lowest BCUT2D eigenvalue weighted by Crippen LogP contribution is -2.40. The van der Waals surface area contributed by atoms with E-state index in [2.05, 4.69) is 75.4 Å². The highest BCUT2D eigenvalue weighted by atomic mass is 15.3. The number of nitrogens with one attached hydrogen (secondary N) is 2. The third kappa shape index (κ3) is 4.55. The van der Waals surface area contributed by atoms with Crippen molar-refractivity contribution in [1.29, 1.82) is 0 Å². The maximum atomic E-state index is 4.30. The van der Waals surface area contributed by atoms with Crippen molar-refractivity contribution in [3.63, 3.8) is 0 Å². The molecule has 1 aromatic heterocycles. The topological polar surface area (TPSA) is 67.1 Å². The Balaban J connectivity index is 1.87. The zero-order valence-corrected chi connectivity index (χ0v) is 14.4. The van der Waals surface area contributed by atoms with Crippen LogP contribution < -0.4 is 10.6 Å². The summed E-state index contributed by atoms with van der Waals surface area (Å²) in [6, 6.07) is 8.59. The van der Waals surface area contributed by atoms with Gasteiger partial charge in [0, 0.05) is 26.6 Å². The molecule has 0 saturated heterocycles. The molecule has 23 heavy (non-hydrogen) atoms. The Morgan fingerprint density at radius 1 is 1.35 bits per heavy atom. The average Bonchev–Trinajstić information content (AvgIpc) is 3.01. The summed E-state index contributed by atoms with van der Waals surface area (Å²) >= 11 is 0. The van der Waals surface area contributed by atoms with E-state index in [1.54, 1.807) is 13.4 Å². The number of guanidine groups is 1. The van der Waals surface area contributed by atoms with Crippen LogP contribution in [0.3, 0.4) is 0 Å². The first-order valence-electron chi connectivity index (χ1n) is 8.05. The first-order valence-corrected chi connectivity index (χ1v) is 8.05. The summed E-state index contributed by atoms with van der Waals surface area (Å²) < 4.78 is 2.06. The minimum Gasteiger partial charge on any atom is -0.355 e. The van der Waals surface area contributed by atoms with E-state index >= 15 is 0 Å². The standard InChI is InChI=1S/C17H26N6/c1-5-16-22-20-12-23(16)11-10-19-17(18-4)21-14(3)15-9-7-6-8-13(15)2/h6-9,12,14H,5,10-11H2,1-4H3,(H2,18,19,21). The number of nitrogens with zero attached hydrogens (tertiary/aromatic N) is 4. The van der Waals surface area contributed by atoms with Crippen LogP contribution in [-0.2, 0) is 13.0 Å². The predicted molar refractivity (Wildman–Crippen MR) is 93.5 cm³/mol. The molecule has 0 saturated carbocycles. The van der Waals surface area contributed by atoms with E-state index < -0.39 is 0 Å². The normalized spacial score (nSPS) is 13.0. The van der Waals surface area contributed by atoms with Gasteiger partial charge in [0.25, 0.3) is 0 Å². The number of hydrogen-bond donors (Lipinski definition) is 2. The summed E-state index contributed by atoms with van der Waals surface area (Å²) in [6.45, 7) is 7.94. The van der Waals surface area contributed by atoms with Crippen molar-refractivity contribution in [1.82, 2.24) is 25.4 Å². The number of aliphatic imine (C=N–C) groups is 1. The average molecular weight is 314 g/mol. The van der Waals surface area contributed by atoms with E-state index in [0.717, 1.165) is 31.3 Å². The second-order valence-electron chi connectivity index (χ2n) is 5.52. The Morgan fingerprint density at radius 2 is 2.13 bits per heavy atom. The van der Waals surface area contributed by atoms with Crippen molar-refractivity contribution >= 4 is 5.96 Å². The maximum absolute atomic E-state index is 4.30. The van der Waals surface area contributed by atoms with E-state index in [9.17, 15) is 0 Å². The molecule has 1 unspecified atom stereocenters. The van der Waals surface area contributed by atoms with Gasteiger partial charge in [-0.15, -0.1) is 10.2 Å². The molecule has 2 N–H and O–H groups in total. The molecule has 2 rings (SSSR count). The van der Waals surface area contributed by atoms with Crippen molar-refractivity contribution in [3.8, 4) is 0 Å². The fourth-order valence-electron chi connectivity index (χ4n) is 2.58. The highest BCUT2D eigenvalue weighted by Gasteiger charge is 2.09. The summed E-state index contributed by atoms with van der Waals surface area (Å²) in [6.07, 6.45) is 2.66. The van der Waals surface area contributed by atoms with Gasteiger partial charge in [0.15, 0.2) is 5.96 Å². The van der Waals surface area contributed by atoms with Crippen molar-refractivity contribution in [2.24, 2.45) is 4.99 Å². The third-order valence-corrected chi connectivity index (χ3v) is 3.89. The molecule has 0 spiro atoms. The molecule has 0 amide bonds. The number of aromatic nitrogens is 3. The van der Waals surface area contributed by atoms with E-state index in [0.29, 0.717) is 0 Å². The number of benzene rings is 1. The Hall–Kier alpha value is -2.37. The van der Waals surface area contributed by atoms with Gasteiger partial charge in [-0.1, -0.05) is 31.2 Å². The summed E-state index contributed by atoms with van der Waals surface area (Å²) in [5, 5.41) is 14.8. The zero-order chi connectivity index (χ0) is 16.7. The van der Waals surface area contributed by atoms with Crippen molar-refractivity contribution in [3.05, 3.63) is 47.5 Å². The second-order valence-corrected chi connectivity index (χ2v) is 5.52. The van der Waals surface area contributed by atoms with Crippen LogP contribution in [0.1, 0.15) is 36.8 Å². The lowest BCUT2D eigenvalue weighted by Gasteiger charge is -2.20. The molecule has 0 bridgehead atoms. The largest absolute Gasteiger partial charge is 0.355 e. The van der Waals surface area contributed by atoms with Crippen LogP contribution >= 0.6 is 0 Å². The second kappa shape index (κ2) is 8.31. The van der Waals surface area contributed by atoms with E-state index in [-0.39, 0.29) is 6.04 Å². The Bertz CT molecular complexity index is 646. The predicted octanol–water partition coefficient (Wildman–Crippen LogP) is 2.08. The van der Waals surface area contributed by atoms with Gasteiger partial charge in [0.1, 0.15) is 12.2 Å².